The minimum Gasteiger partial charge on any atom is -0.465 e. The van der Waals surface area contributed by atoms with Crippen LogP contribution in [-0.2, 0) is 9.47 Å². The van der Waals surface area contributed by atoms with Gasteiger partial charge in [0.2, 0.25) is 0 Å². The third-order valence-electron chi connectivity index (χ3n) is 3.25. The third-order valence-corrected chi connectivity index (χ3v) is 3.25. The van der Waals surface area contributed by atoms with Crippen LogP contribution in [0.2, 0.25) is 0 Å². The number of ether oxygens (including phenoxy) is 2. The summed E-state index contributed by atoms with van der Waals surface area (Å²) in [7, 11) is 0.941. The number of hydrogen-bond acceptors (Lipinski definition) is 4. The van der Waals surface area contributed by atoms with Crippen molar-refractivity contribution in [2.45, 2.75) is 12.2 Å². The standard InChI is InChI=1S/C13H12F5NO3/c1-21-12(20)11-8(14)4-7(5-9(11)15)19-2-3-22-6-10(19)13(16,17)18/h4-5,10H,2-3,6H2,1H3/t10-/m1/s1. The average Bonchev–Trinajstić information content (AvgIpc) is 2.45. The van der Waals surface area contributed by atoms with Crippen LogP contribution in [0.15, 0.2) is 12.1 Å². The number of anilines is 1. The molecule has 1 aliphatic rings. The molecule has 0 aromatic heterocycles. The van der Waals surface area contributed by atoms with Crippen molar-refractivity contribution in [1.29, 1.82) is 0 Å². The van der Waals surface area contributed by atoms with Gasteiger partial charge in [-0.1, -0.05) is 0 Å². The number of alkyl halides is 3. The van der Waals surface area contributed by atoms with Crippen molar-refractivity contribution < 1.29 is 36.2 Å². The van der Waals surface area contributed by atoms with Crippen LogP contribution < -0.4 is 4.90 Å². The van der Waals surface area contributed by atoms with Gasteiger partial charge in [0.25, 0.3) is 0 Å². The molecule has 1 aromatic carbocycles. The topological polar surface area (TPSA) is 38.8 Å². The quantitative estimate of drug-likeness (QED) is 0.619. The molecule has 0 bridgehead atoms. The molecule has 1 aromatic rings. The van der Waals surface area contributed by atoms with E-state index in [-0.39, 0.29) is 18.8 Å². The number of carbonyl (C=O) groups is 1. The van der Waals surface area contributed by atoms with Gasteiger partial charge >= 0.3 is 12.1 Å². The van der Waals surface area contributed by atoms with Gasteiger partial charge in [-0.05, 0) is 12.1 Å². The summed E-state index contributed by atoms with van der Waals surface area (Å²) in [5.74, 6) is -3.81. The van der Waals surface area contributed by atoms with Crippen LogP contribution in [0.4, 0.5) is 27.6 Å². The summed E-state index contributed by atoms with van der Waals surface area (Å²) in [5.41, 5.74) is -1.25. The molecule has 122 valence electrons. The van der Waals surface area contributed by atoms with E-state index in [1.165, 1.54) is 0 Å². The molecule has 9 heteroatoms. The maximum Gasteiger partial charge on any atom is 0.411 e. The summed E-state index contributed by atoms with van der Waals surface area (Å²) in [4.78, 5) is 12.1. The second-order valence-electron chi connectivity index (χ2n) is 4.60. The van der Waals surface area contributed by atoms with Crippen molar-refractivity contribution >= 4 is 11.7 Å². The Kier molecular flexibility index (Phi) is 4.55. The molecule has 0 saturated carbocycles. The van der Waals surface area contributed by atoms with Gasteiger partial charge in [0.05, 0.1) is 20.3 Å². The normalized spacial score (nSPS) is 19.2. The average molecular weight is 325 g/mol. The van der Waals surface area contributed by atoms with Crippen molar-refractivity contribution in [1.82, 2.24) is 0 Å². The fourth-order valence-electron chi connectivity index (χ4n) is 2.21. The number of morpholine rings is 1. The zero-order valence-corrected chi connectivity index (χ0v) is 11.4. The first-order valence-electron chi connectivity index (χ1n) is 6.24. The molecule has 1 aliphatic heterocycles. The Morgan fingerprint density at radius 2 is 1.91 bits per heavy atom. The van der Waals surface area contributed by atoms with Gasteiger partial charge in [0.1, 0.15) is 23.2 Å². The van der Waals surface area contributed by atoms with Gasteiger partial charge in [-0.3, -0.25) is 0 Å². The lowest BCUT2D eigenvalue weighted by molar-refractivity contribution is -0.167. The van der Waals surface area contributed by atoms with Crippen molar-refractivity contribution in [3.63, 3.8) is 0 Å². The van der Waals surface area contributed by atoms with Crippen LogP contribution in [0.5, 0.6) is 0 Å². The first kappa shape index (κ1) is 16.5. The van der Waals surface area contributed by atoms with Crippen LogP contribution in [0.3, 0.4) is 0 Å². The second kappa shape index (κ2) is 6.07. The highest BCUT2D eigenvalue weighted by Crippen LogP contribution is 2.32. The molecule has 1 heterocycles. The number of carbonyl (C=O) groups excluding carboxylic acids is 1. The van der Waals surface area contributed by atoms with E-state index >= 15 is 0 Å². The van der Waals surface area contributed by atoms with Crippen molar-refractivity contribution in [2.75, 3.05) is 31.8 Å². The Morgan fingerprint density at radius 3 is 2.41 bits per heavy atom. The molecule has 0 aliphatic carbocycles. The number of esters is 1. The van der Waals surface area contributed by atoms with Crippen molar-refractivity contribution in [3.05, 3.63) is 29.3 Å². The first-order chi connectivity index (χ1) is 10.3. The molecular formula is C13H12F5NO3. The Labute approximate surface area is 122 Å². The molecule has 1 saturated heterocycles. The molecule has 0 amide bonds. The van der Waals surface area contributed by atoms with Crippen LogP contribution in [-0.4, -0.2) is 45.1 Å². The maximum atomic E-state index is 13.8. The number of methoxy groups -OCH3 is 1. The summed E-state index contributed by atoms with van der Waals surface area (Å²) >= 11 is 0. The number of hydrogen-bond donors (Lipinski definition) is 0. The Hall–Kier alpha value is -1.90. The summed E-state index contributed by atoms with van der Waals surface area (Å²) in [6.07, 6.45) is -4.62. The highest BCUT2D eigenvalue weighted by Gasteiger charge is 2.45. The number of halogens is 5. The fraction of sp³-hybridized carbons (Fsp3) is 0.462. The SMILES string of the molecule is COC(=O)c1c(F)cc(N2CCOC[C@@H]2C(F)(F)F)cc1F. The Bertz CT molecular complexity index is 552. The Morgan fingerprint density at radius 1 is 1.32 bits per heavy atom. The van der Waals surface area contributed by atoms with Gasteiger partial charge in [-0.25, -0.2) is 13.6 Å². The van der Waals surface area contributed by atoms with Crippen LogP contribution in [0.25, 0.3) is 0 Å². The van der Waals surface area contributed by atoms with E-state index in [1.54, 1.807) is 0 Å². The van der Waals surface area contributed by atoms with Gasteiger partial charge < -0.3 is 14.4 Å². The molecular weight excluding hydrogens is 313 g/mol. The van der Waals surface area contributed by atoms with Crippen LogP contribution in [0.1, 0.15) is 10.4 Å². The summed E-state index contributed by atoms with van der Waals surface area (Å²) < 4.78 is 75.6. The molecule has 1 fully saturated rings. The van der Waals surface area contributed by atoms with Gasteiger partial charge in [-0.2, -0.15) is 13.2 Å². The number of rotatable bonds is 2. The van der Waals surface area contributed by atoms with Crippen molar-refractivity contribution in [3.8, 4) is 0 Å². The van der Waals surface area contributed by atoms with Gasteiger partial charge in [0, 0.05) is 12.2 Å². The predicted molar refractivity (Wildman–Crippen MR) is 65.7 cm³/mol. The largest absolute Gasteiger partial charge is 0.465 e. The third kappa shape index (κ3) is 3.13. The van der Waals surface area contributed by atoms with Crippen molar-refractivity contribution in [2.24, 2.45) is 0 Å². The van der Waals surface area contributed by atoms with E-state index in [0.717, 1.165) is 12.0 Å². The number of nitrogens with zero attached hydrogens (tertiary/aromatic N) is 1. The van der Waals surface area contributed by atoms with E-state index in [4.69, 9.17) is 4.74 Å². The maximum absolute atomic E-state index is 13.8. The minimum atomic E-state index is -4.62. The highest BCUT2D eigenvalue weighted by molar-refractivity contribution is 5.90. The summed E-state index contributed by atoms with van der Waals surface area (Å²) in [5, 5.41) is 0. The lowest BCUT2D eigenvalue weighted by Crippen LogP contribution is -2.53. The van der Waals surface area contributed by atoms with E-state index in [9.17, 15) is 26.7 Å². The summed E-state index contributed by atoms with van der Waals surface area (Å²) in [6, 6.07) is -0.650. The molecule has 1 atom stereocenters. The van der Waals surface area contributed by atoms with E-state index < -0.39 is 42.0 Å². The predicted octanol–water partition coefficient (Wildman–Crippen LogP) is 2.52. The number of benzene rings is 1. The lowest BCUT2D eigenvalue weighted by atomic mass is 10.1. The second-order valence-corrected chi connectivity index (χ2v) is 4.60. The van der Waals surface area contributed by atoms with E-state index in [1.807, 2.05) is 0 Å². The zero-order chi connectivity index (χ0) is 16.5. The minimum absolute atomic E-state index is 0.00539. The van der Waals surface area contributed by atoms with Crippen LogP contribution >= 0.6 is 0 Å². The molecule has 0 radical (unpaired) electrons. The summed E-state index contributed by atoms with van der Waals surface area (Å²) in [6.45, 7) is -0.819. The molecule has 4 nitrogen and oxygen atoms in total. The molecule has 0 N–H and O–H groups in total. The molecule has 22 heavy (non-hydrogen) atoms. The van der Waals surface area contributed by atoms with Crippen LogP contribution in [0, 0.1) is 11.6 Å². The Balaban J connectivity index is 2.41. The zero-order valence-electron chi connectivity index (χ0n) is 11.4. The van der Waals surface area contributed by atoms with Gasteiger partial charge in [0.15, 0.2) is 0 Å². The first-order valence-corrected chi connectivity index (χ1v) is 6.24. The van der Waals surface area contributed by atoms with E-state index in [2.05, 4.69) is 4.74 Å². The molecule has 0 unspecified atom stereocenters. The smallest absolute Gasteiger partial charge is 0.411 e. The monoisotopic (exact) mass is 325 g/mol. The fourth-order valence-corrected chi connectivity index (χ4v) is 2.21. The molecule has 2 rings (SSSR count). The molecule has 0 spiro atoms. The lowest BCUT2D eigenvalue weighted by Gasteiger charge is -2.38. The highest BCUT2D eigenvalue weighted by atomic mass is 19.4. The van der Waals surface area contributed by atoms with E-state index in [0.29, 0.717) is 12.1 Å². The van der Waals surface area contributed by atoms with Gasteiger partial charge in [-0.15, -0.1) is 0 Å².